The molecule has 1 aromatic carbocycles. The number of hydrogen-bond acceptors (Lipinski definition) is 4. The summed E-state index contributed by atoms with van der Waals surface area (Å²) < 4.78 is 28.8. The first-order chi connectivity index (χ1) is 10.9. The fraction of sp³-hybridized carbons (Fsp3) is 0.200. The molecule has 120 valence electrons. The molecule has 2 aromatic heterocycles. The molecule has 0 saturated carbocycles. The van der Waals surface area contributed by atoms with Crippen LogP contribution in [0, 0.1) is 0 Å². The van der Waals surface area contributed by atoms with Gasteiger partial charge < -0.3 is 0 Å². The third kappa shape index (κ3) is 3.01. The maximum atomic E-state index is 12.5. The van der Waals surface area contributed by atoms with Crippen molar-refractivity contribution >= 4 is 36.9 Å². The molecule has 0 spiro atoms. The zero-order valence-corrected chi connectivity index (χ0v) is 15.0. The molecule has 0 unspecified atom stereocenters. The molecule has 0 bridgehead atoms. The molecule has 23 heavy (non-hydrogen) atoms. The Bertz CT molecular complexity index is 952. The topological polar surface area (TPSA) is 68.1 Å². The lowest BCUT2D eigenvalue weighted by atomic mass is 10.2. The molecule has 0 radical (unpaired) electrons. The van der Waals surface area contributed by atoms with Gasteiger partial charge in [-0.25, -0.2) is 12.7 Å². The normalized spacial score (nSPS) is 12.2. The van der Waals surface area contributed by atoms with Crippen molar-refractivity contribution in [1.82, 2.24) is 19.1 Å². The Labute approximate surface area is 142 Å². The number of aromatic nitrogens is 3. The van der Waals surface area contributed by atoms with E-state index < -0.39 is 10.0 Å². The third-order valence-electron chi connectivity index (χ3n) is 3.46. The molecule has 0 fully saturated rings. The van der Waals surface area contributed by atoms with Crippen LogP contribution in [0.5, 0.6) is 0 Å². The van der Waals surface area contributed by atoms with E-state index in [0.717, 1.165) is 15.6 Å². The molecular formula is C15H15BrN4O2S. The van der Waals surface area contributed by atoms with Crippen molar-refractivity contribution in [2.45, 2.75) is 11.6 Å². The quantitative estimate of drug-likeness (QED) is 0.681. The predicted octanol–water partition coefficient (Wildman–Crippen LogP) is 2.49. The minimum atomic E-state index is -3.63. The van der Waals surface area contributed by atoms with Crippen LogP contribution in [0.4, 0.5) is 0 Å². The third-order valence-corrected chi connectivity index (χ3v) is 5.70. The molecular weight excluding hydrogens is 380 g/mol. The van der Waals surface area contributed by atoms with Gasteiger partial charge in [0.05, 0.1) is 12.1 Å². The van der Waals surface area contributed by atoms with Crippen LogP contribution < -0.4 is 0 Å². The number of pyridine rings is 1. The van der Waals surface area contributed by atoms with Gasteiger partial charge in [0.1, 0.15) is 0 Å². The molecule has 3 rings (SSSR count). The maximum Gasteiger partial charge on any atom is 0.262 e. The van der Waals surface area contributed by atoms with Gasteiger partial charge in [-0.3, -0.25) is 9.67 Å². The van der Waals surface area contributed by atoms with Crippen molar-refractivity contribution in [2.24, 2.45) is 0 Å². The number of nitrogens with zero attached hydrogens (tertiary/aromatic N) is 4. The highest BCUT2D eigenvalue weighted by atomic mass is 79.9. The van der Waals surface area contributed by atoms with E-state index in [1.807, 2.05) is 24.3 Å². The molecule has 2 heterocycles. The van der Waals surface area contributed by atoms with E-state index in [1.165, 1.54) is 18.4 Å². The number of halogens is 1. The largest absolute Gasteiger partial charge is 0.264 e. The zero-order valence-electron chi connectivity index (χ0n) is 12.6. The maximum absolute atomic E-state index is 12.5. The monoisotopic (exact) mass is 394 g/mol. The van der Waals surface area contributed by atoms with Crippen LogP contribution in [0.15, 0.2) is 52.2 Å². The van der Waals surface area contributed by atoms with Crippen LogP contribution in [0.1, 0.15) is 5.56 Å². The molecule has 6 nitrogen and oxygen atoms in total. The lowest BCUT2D eigenvalue weighted by Crippen LogP contribution is -2.23. The fourth-order valence-electron chi connectivity index (χ4n) is 2.27. The minimum absolute atomic E-state index is 0.0580. The number of sulfonamides is 1. The molecule has 0 aliphatic heterocycles. The number of hydrogen-bond donors (Lipinski definition) is 0. The lowest BCUT2D eigenvalue weighted by molar-refractivity contribution is 0.514. The van der Waals surface area contributed by atoms with Gasteiger partial charge in [-0.1, -0.05) is 22.0 Å². The summed E-state index contributed by atoms with van der Waals surface area (Å²) in [6.45, 7) is 0.453. The molecule has 0 N–H and O–H groups in total. The van der Waals surface area contributed by atoms with Gasteiger partial charge in [-0.05, 0) is 29.8 Å². The highest BCUT2D eigenvalue weighted by Gasteiger charge is 2.25. The Balaban J connectivity index is 2.21. The Morgan fingerprint density at radius 3 is 2.70 bits per heavy atom. The molecule has 8 heteroatoms. The average Bonchev–Trinajstić information content (AvgIpc) is 2.86. The summed E-state index contributed by atoms with van der Waals surface area (Å²) >= 11 is 3.39. The molecule has 3 aromatic rings. The minimum Gasteiger partial charge on any atom is -0.264 e. The van der Waals surface area contributed by atoms with Crippen molar-refractivity contribution in [3.8, 4) is 0 Å². The van der Waals surface area contributed by atoms with Gasteiger partial charge >= 0.3 is 0 Å². The first kappa shape index (κ1) is 16.1. The second kappa shape index (κ2) is 6.03. The highest BCUT2D eigenvalue weighted by Crippen LogP contribution is 2.27. The number of rotatable bonds is 4. The van der Waals surface area contributed by atoms with E-state index in [0.29, 0.717) is 11.9 Å². The first-order valence-corrected chi connectivity index (χ1v) is 9.10. The smallest absolute Gasteiger partial charge is 0.262 e. The van der Waals surface area contributed by atoms with E-state index in [9.17, 15) is 8.42 Å². The van der Waals surface area contributed by atoms with Gasteiger partial charge in [-0.2, -0.15) is 5.10 Å². The second-order valence-electron chi connectivity index (χ2n) is 5.27. The summed E-state index contributed by atoms with van der Waals surface area (Å²) in [6.07, 6.45) is 3.44. The van der Waals surface area contributed by atoms with Crippen molar-refractivity contribution in [3.63, 3.8) is 0 Å². The summed E-state index contributed by atoms with van der Waals surface area (Å²) in [5, 5.41) is 5.01. The summed E-state index contributed by atoms with van der Waals surface area (Å²) in [4.78, 5) is 4.08. The van der Waals surface area contributed by atoms with E-state index in [-0.39, 0.29) is 5.03 Å². The van der Waals surface area contributed by atoms with Crippen molar-refractivity contribution in [3.05, 3.63) is 52.8 Å². The summed E-state index contributed by atoms with van der Waals surface area (Å²) in [5.41, 5.74) is 1.71. The fourth-order valence-corrected chi connectivity index (χ4v) is 3.62. The van der Waals surface area contributed by atoms with Crippen LogP contribution in [-0.4, -0.2) is 41.6 Å². The summed E-state index contributed by atoms with van der Waals surface area (Å²) in [6, 6.07) is 9.28. The van der Waals surface area contributed by atoms with Crippen molar-refractivity contribution < 1.29 is 8.42 Å². The number of fused-ring (bicyclic) bond motifs is 1. The Morgan fingerprint density at radius 1 is 1.26 bits per heavy atom. The van der Waals surface area contributed by atoms with Crippen molar-refractivity contribution in [1.29, 1.82) is 0 Å². The highest BCUT2D eigenvalue weighted by molar-refractivity contribution is 9.10. The van der Waals surface area contributed by atoms with Gasteiger partial charge in [-0.15, -0.1) is 0 Å². The molecule has 0 saturated heterocycles. The van der Waals surface area contributed by atoms with Gasteiger partial charge in [0.25, 0.3) is 10.0 Å². The van der Waals surface area contributed by atoms with Crippen LogP contribution in [0.25, 0.3) is 10.9 Å². The van der Waals surface area contributed by atoms with E-state index in [2.05, 4.69) is 26.0 Å². The van der Waals surface area contributed by atoms with Crippen molar-refractivity contribution in [2.75, 3.05) is 14.1 Å². The van der Waals surface area contributed by atoms with E-state index in [1.54, 1.807) is 23.1 Å². The lowest BCUT2D eigenvalue weighted by Gasteiger charge is -2.08. The van der Waals surface area contributed by atoms with Gasteiger partial charge in [0, 0.05) is 36.3 Å². The van der Waals surface area contributed by atoms with Crippen LogP contribution in [-0.2, 0) is 16.6 Å². The van der Waals surface area contributed by atoms with Crippen LogP contribution >= 0.6 is 15.9 Å². The van der Waals surface area contributed by atoms with E-state index in [4.69, 9.17) is 0 Å². The van der Waals surface area contributed by atoms with E-state index >= 15 is 0 Å². The Kier molecular flexibility index (Phi) is 4.22. The van der Waals surface area contributed by atoms with Gasteiger partial charge in [0.15, 0.2) is 5.03 Å². The zero-order chi connectivity index (χ0) is 16.6. The Morgan fingerprint density at radius 2 is 2.04 bits per heavy atom. The standard InChI is InChI=1S/C15H15BrN4O2S/c1-19(2)23(21,22)15-13-8-12(16)5-6-14(13)20(18-15)10-11-4-3-7-17-9-11/h3-9H,10H2,1-2H3. The van der Waals surface area contributed by atoms with Crippen LogP contribution in [0.3, 0.4) is 0 Å². The molecule has 0 aliphatic carbocycles. The van der Waals surface area contributed by atoms with Gasteiger partial charge in [0.2, 0.25) is 0 Å². The van der Waals surface area contributed by atoms with Crippen LogP contribution in [0.2, 0.25) is 0 Å². The second-order valence-corrected chi connectivity index (χ2v) is 8.26. The number of benzene rings is 1. The average molecular weight is 395 g/mol. The SMILES string of the molecule is CN(C)S(=O)(=O)c1nn(Cc2cccnc2)c2ccc(Br)cc12. The molecule has 0 aliphatic rings. The summed E-state index contributed by atoms with van der Waals surface area (Å²) in [5.74, 6) is 0. The summed E-state index contributed by atoms with van der Waals surface area (Å²) in [7, 11) is -0.628. The predicted molar refractivity (Wildman–Crippen MR) is 91.6 cm³/mol. The first-order valence-electron chi connectivity index (χ1n) is 6.87. The molecule has 0 amide bonds. The molecule has 0 atom stereocenters. The Hall–Kier alpha value is -1.77.